The van der Waals surface area contributed by atoms with Crippen LogP contribution in [-0.2, 0) is 11.3 Å². The van der Waals surface area contributed by atoms with Crippen molar-refractivity contribution in [2.24, 2.45) is 0 Å². The first-order valence-electron chi connectivity index (χ1n) is 10.5. The summed E-state index contributed by atoms with van der Waals surface area (Å²) in [5.74, 6) is 1.85. The molecule has 0 aliphatic heterocycles. The van der Waals surface area contributed by atoms with Crippen LogP contribution in [0.4, 0.5) is 5.69 Å². The molecule has 0 radical (unpaired) electrons. The highest BCUT2D eigenvalue weighted by atomic mass is 16.5. The zero-order valence-corrected chi connectivity index (χ0v) is 18.3. The Bertz CT molecular complexity index is 1250. The third kappa shape index (κ3) is 4.92. The Kier molecular flexibility index (Phi) is 6.42. The maximum atomic E-state index is 13.0. The minimum atomic E-state index is -0.148. The van der Waals surface area contributed by atoms with Gasteiger partial charge in [-0.15, -0.1) is 0 Å². The van der Waals surface area contributed by atoms with Gasteiger partial charge in [-0.2, -0.15) is 4.98 Å². The minimum absolute atomic E-state index is 0.148. The molecule has 0 saturated heterocycles. The number of rotatable bonds is 7. The molecule has 0 fully saturated rings. The molecule has 1 N–H and O–H groups in total. The molecule has 162 valence electrons. The summed E-state index contributed by atoms with van der Waals surface area (Å²) >= 11 is 0. The Morgan fingerprint density at radius 3 is 2.69 bits per heavy atom. The van der Waals surface area contributed by atoms with Gasteiger partial charge in [-0.1, -0.05) is 38.1 Å². The van der Waals surface area contributed by atoms with Gasteiger partial charge in [0.25, 0.3) is 5.91 Å². The molecule has 0 unspecified atom stereocenters. The van der Waals surface area contributed by atoms with E-state index in [2.05, 4.69) is 35.2 Å². The molecule has 6 nitrogen and oxygen atoms in total. The molecule has 0 bridgehead atoms. The topological polar surface area (TPSA) is 73.3 Å². The second-order valence-electron chi connectivity index (χ2n) is 7.77. The van der Waals surface area contributed by atoms with E-state index in [9.17, 15) is 4.79 Å². The molecule has 0 spiro atoms. The quantitative estimate of drug-likeness (QED) is 0.395. The third-order valence-electron chi connectivity index (χ3n) is 5.08. The number of nitrogens with one attached hydrogen (secondary N) is 1. The highest BCUT2D eigenvalue weighted by Gasteiger charge is 2.12. The number of methoxy groups -OCH3 is 1. The summed E-state index contributed by atoms with van der Waals surface area (Å²) in [7, 11) is 1.59. The van der Waals surface area contributed by atoms with Crippen LogP contribution >= 0.6 is 0 Å². The van der Waals surface area contributed by atoms with Crippen LogP contribution in [0.2, 0.25) is 0 Å². The number of carbonyl (C=O) groups is 1. The number of nitrogens with zero attached hydrogens (tertiary/aromatic N) is 2. The van der Waals surface area contributed by atoms with E-state index in [1.165, 1.54) is 5.56 Å². The normalized spacial score (nSPS) is 11.0. The van der Waals surface area contributed by atoms with Crippen molar-refractivity contribution >= 4 is 22.4 Å². The zero-order valence-electron chi connectivity index (χ0n) is 18.3. The monoisotopic (exact) mass is 427 g/mol. The van der Waals surface area contributed by atoms with Crippen molar-refractivity contribution in [3.05, 3.63) is 89.9 Å². The number of anilines is 1. The lowest BCUT2D eigenvalue weighted by atomic mass is 10.0. The van der Waals surface area contributed by atoms with E-state index >= 15 is 0 Å². The second-order valence-corrected chi connectivity index (χ2v) is 7.77. The first-order chi connectivity index (χ1) is 15.5. The second kappa shape index (κ2) is 9.58. The molecule has 0 atom stereocenters. The fourth-order valence-corrected chi connectivity index (χ4v) is 3.45. The lowest BCUT2D eigenvalue weighted by Crippen LogP contribution is -2.12. The van der Waals surface area contributed by atoms with Gasteiger partial charge < -0.3 is 14.8 Å². The predicted octanol–water partition coefficient (Wildman–Crippen LogP) is 5.94. The Labute approximate surface area is 187 Å². The Balaban J connectivity index is 1.57. The number of aromatic nitrogens is 2. The number of hydrogen-bond acceptors (Lipinski definition) is 5. The van der Waals surface area contributed by atoms with Crippen molar-refractivity contribution in [1.82, 2.24) is 9.97 Å². The van der Waals surface area contributed by atoms with Crippen molar-refractivity contribution in [2.45, 2.75) is 26.4 Å². The molecular weight excluding hydrogens is 402 g/mol. The average Bonchev–Trinajstić information content (AvgIpc) is 2.79. The van der Waals surface area contributed by atoms with E-state index in [-0.39, 0.29) is 5.91 Å². The van der Waals surface area contributed by atoms with Gasteiger partial charge in [0.2, 0.25) is 5.88 Å². The van der Waals surface area contributed by atoms with Gasteiger partial charge in [-0.05, 0) is 58.7 Å². The molecule has 1 aromatic heterocycles. The molecule has 4 aromatic rings. The van der Waals surface area contributed by atoms with E-state index in [1.54, 1.807) is 19.4 Å². The summed E-state index contributed by atoms with van der Waals surface area (Å²) in [6.07, 6.45) is 1.63. The first kappa shape index (κ1) is 21.5. The van der Waals surface area contributed by atoms with E-state index < -0.39 is 0 Å². The zero-order chi connectivity index (χ0) is 22.5. The standard InChI is InChI=1S/C26H25N3O3/c1-17(2)18-6-4-8-20(14-18)28-26(30)23-9-5-7-19-15-21(10-11-22(19)23)32-25-12-13-27-24(29-25)16-31-3/h4-15,17H,16H2,1-3H3,(H,28,30). The average molecular weight is 428 g/mol. The maximum Gasteiger partial charge on any atom is 0.256 e. The molecule has 3 aromatic carbocycles. The van der Waals surface area contributed by atoms with Gasteiger partial charge >= 0.3 is 0 Å². The highest BCUT2D eigenvalue weighted by molar-refractivity contribution is 6.13. The number of fused-ring (bicyclic) bond motifs is 1. The minimum Gasteiger partial charge on any atom is -0.439 e. The van der Waals surface area contributed by atoms with Gasteiger partial charge in [0, 0.05) is 30.6 Å². The summed E-state index contributed by atoms with van der Waals surface area (Å²) in [4.78, 5) is 21.5. The fourth-order valence-electron chi connectivity index (χ4n) is 3.45. The van der Waals surface area contributed by atoms with Crippen molar-refractivity contribution in [1.29, 1.82) is 0 Å². The van der Waals surface area contributed by atoms with Crippen LogP contribution in [0.1, 0.15) is 41.5 Å². The smallest absolute Gasteiger partial charge is 0.256 e. The molecule has 1 amide bonds. The van der Waals surface area contributed by atoms with Crippen LogP contribution in [0.3, 0.4) is 0 Å². The fraction of sp³-hybridized carbons (Fsp3) is 0.192. The molecule has 32 heavy (non-hydrogen) atoms. The number of amides is 1. The highest BCUT2D eigenvalue weighted by Crippen LogP contribution is 2.27. The Hall–Kier alpha value is -3.77. The van der Waals surface area contributed by atoms with Crippen LogP contribution in [0.5, 0.6) is 11.6 Å². The van der Waals surface area contributed by atoms with Crippen LogP contribution < -0.4 is 10.1 Å². The van der Waals surface area contributed by atoms with Crippen molar-refractivity contribution in [2.75, 3.05) is 12.4 Å². The maximum absolute atomic E-state index is 13.0. The number of benzene rings is 3. The van der Waals surface area contributed by atoms with Crippen LogP contribution in [0.15, 0.2) is 72.9 Å². The molecule has 4 rings (SSSR count). The van der Waals surface area contributed by atoms with Crippen molar-refractivity contribution < 1.29 is 14.3 Å². The van der Waals surface area contributed by atoms with E-state index in [0.29, 0.717) is 35.5 Å². The van der Waals surface area contributed by atoms with Gasteiger partial charge in [-0.25, -0.2) is 4.98 Å². The lowest BCUT2D eigenvalue weighted by Gasteiger charge is -2.12. The van der Waals surface area contributed by atoms with Gasteiger partial charge in [-0.3, -0.25) is 4.79 Å². The van der Waals surface area contributed by atoms with E-state index in [4.69, 9.17) is 9.47 Å². The van der Waals surface area contributed by atoms with Crippen molar-refractivity contribution in [3.8, 4) is 11.6 Å². The summed E-state index contributed by atoms with van der Waals surface area (Å²) in [5.41, 5.74) is 2.57. The summed E-state index contributed by atoms with van der Waals surface area (Å²) in [6, 6.07) is 20.9. The Morgan fingerprint density at radius 1 is 1.03 bits per heavy atom. The Morgan fingerprint density at radius 2 is 1.88 bits per heavy atom. The summed E-state index contributed by atoms with van der Waals surface area (Å²) in [5, 5.41) is 4.77. The summed E-state index contributed by atoms with van der Waals surface area (Å²) < 4.78 is 11.0. The molecule has 0 aliphatic carbocycles. The molecular formula is C26H25N3O3. The molecule has 6 heteroatoms. The van der Waals surface area contributed by atoms with Crippen LogP contribution in [0.25, 0.3) is 10.8 Å². The SMILES string of the molecule is COCc1nccc(Oc2ccc3c(C(=O)Nc4cccc(C(C)C)c4)cccc3c2)n1. The molecule has 1 heterocycles. The third-order valence-corrected chi connectivity index (χ3v) is 5.08. The number of hydrogen-bond donors (Lipinski definition) is 1. The largest absolute Gasteiger partial charge is 0.439 e. The summed E-state index contributed by atoms with van der Waals surface area (Å²) in [6.45, 7) is 4.57. The van der Waals surface area contributed by atoms with Gasteiger partial charge in [0.05, 0.1) is 0 Å². The van der Waals surface area contributed by atoms with Gasteiger partial charge in [0.1, 0.15) is 12.4 Å². The lowest BCUT2D eigenvalue weighted by molar-refractivity contribution is 0.102. The van der Waals surface area contributed by atoms with Crippen molar-refractivity contribution in [3.63, 3.8) is 0 Å². The van der Waals surface area contributed by atoms with Crippen LogP contribution in [-0.4, -0.2) is 23.0 Å². The number of ether oxygens (including phenoxy) is 2. The van der Waals surface area contributed by atoms with E-state index in [1.807, 2.05) is 54.6 Å². The van der Waals surface area contributed by atoms with E-state index in [0.717, 1.165) is 16.5 Å². The first-order valence-corrected chi connectivity index (χ1v) is 10.5. The predicted molar refractivity (Wildman–Crippen MR) is 125 cm³/mol. The van der Waals surface area contributed by atoms with Crippen LogP contribution in [0, 0.1) is 0 Å². The molecule has 0 saturated carbocycles. The number of carbonyl (C=O) groups excluding carboxylic acids is 1. The molecule has 0 aliphatic rings. The van der Waals surface area contributed by atoms with Gasteiger partial charge in [0.15, 0.2) is 5.82 Å².